The van der Waals surface area contributed by atoms with Crippen molar-refractivity contribution < 1.29 is 0 Å². The monoisotopic (exact) mass is 197 g/mol. The highest BCUT2D eigenvalue weighted by Gasteiger charge is 2.07. The Balaban J connectivity index is 0. The first-order valence-corrected chi connectivity index (χ1v) is 5.87. The summed E-state index contributed by atoms with van der Waals surface area (Å²) in [6.45, 7) is 12.0. The van der Waals surface area contributed by atoms with E-state index in [1.165, 1.54) is 25.7 Å². The van der Waals surface area contributed by atoms with E-state index in [-0.39, 0.29) is 5.41 Å². The van der Waals surface area contributed by atoms with E-state index < -0.39 is 0 Å². The van der Waals surface area contributed by atoms with Crippen LogP contribution >= 0.6 is 0 Å². The molecule has 84 valence electrons. The highest BCUT2D eigenvalue weighted by Crippen LogP contribution is 2.22. The second-order valence-corrected chi connectivity index (χ2v) is 4.75. The number of hydrogen-bond acceptors (Lipinski definition) is 1. The fraction of sp³-hybridized carbons (Fsp3) is 0.923. The van der Waals surface area contributed by atoms with Gasteiger partial charge in [0.15, 0.2) is 0 Å². The quantitative estimate of drug-likeness (QED) is 0.548. The van der Waals surface area contributed by atoms with Crippen LogP contribution in [0.5, 0.6) is 0 Å². The van der Waals surface area contributed by atoms with Crippen LogP contribution in [0, 0.1) is 22.7 Å². The molecule has 0 heterocycles. The van der Waals surface area contributed by atoms with Crippen molar-refractivity contribution in [1.82, 2.24) is 0 Å². The molecule has 0 radical (unpaired) electrons. The summed E-state index contributed by atoms with van der Waals surface area (Å²) in [4.78, 5) is 0. The summed E-state index contributed by atoms with van der Waals surface area (Å²) in [7, 11) is 0. The van der Waals surface area contributed by atoms with E-state index in [9.17, 15) is 0 Å². The van der Waals surface area contributed by atoms with Gasteiger partial charge in [0.2, 0.25) is 0 Å². The predicted molar refractivity (Wildman–Crippen MR) is 64.0 cm³/mol. The van der Waals surface area contributed by atoms with E-state index in [0.717, 1.165) is 5.92 Å². The molecule has 1 nitrogen and oxygen atoms in total. The van der Waals surface area contributed by atoms with E-state index in [4.69, 9.17) is 5.26 Å². The first-order chi connectivity index (χ1) is 6.45. The highest BCUT2D eigenvalue weighted by atomic mass is 14.3. The van der Waals surface area contributed by atoms with E-state index in [0.29, 0.717) is 0 Å². The molecule has 0 unspecified atom stereocenters. The second-order valence-electron chi connectivity index (χ2n) is 4.75. The Labute approximate surface area is 90.5 Å². The largest absolute Gasteiger partial charge is 0.198 e. The van der Waals surface area contributed by atoms with Gasteiger partial charge in [0.1, 0.15) is 0 Å². The van der Waals surface area contributed by atoms with Crippen molar-refractivity contribution in [1.29, 1.82) is 5.26 Å². The molecule has 0 aromatic heterocycles. The molecule has 0 aromatic rings. The lowest BCUT2D eigenvalue weighted by molar-refractivity contribution is 0.561. The Kier molecular flexibility index (Phi) is 10.3. The molecule has 0 aromatic carbocycles. The van der Waals surface area contributed by atoms with Crippen molar-refractivity contribution in [2.24, 2.45) is 11.3 Å². The highest BCUT2D eigenvalue weighted by molar-refractivity contribution is 4.86. The van der Waals surface area contributed by atoms with Crippen LogP contribution in [-0.2, 0) is 0 Å². The van der Waals surface area contributed by atoms with Crippen LogP contribution in [0.2, 0.25) is 0 Å². The minimum atomic E-state index is -0.153. The van der Waals surface area contributed by atoms with Gasteiger partial charge < -0.3 is 0 Å². The maximum absolute atomic E-state index is 8.15. The molecule has 1 aliphatic rings. The van der Waals surface area contributed by atoms with E-state index >= 15 is 0 Å². The molecular weight excluding hydrogens is 170 g/mol. The van der Waals surface area contributed by atoms with Gasteiger partial charge >= 0.3 is 0 Å². The van der Waals surface area contributed by atoms with Crippen LogP contribution in [0.1, 0.15) is 67.2 Å². The summed E-state index contributed by atoms with van der Waals surface area (Å²) < 4.78 is 0. The van der Waals surface area contributed by atoms with Crippen molar-refractivity contribution in [3.05, 3.63) is 0 Å². The maximum atomic E-state index is 8.15. The lowest BCUT2D eigenvalue weighted by Gasteiger charge is -2.01. The fourth-order valence-electron chi connectivity index (χ4n) is 1.13. The molecule has 1 heteroatoms. The summed E-state index contributed by atoms with van der Waals surface area (Å²) in [6.07, 6.45) is 5.95. The van der Waals surface area contributed by atoms with Crippen molar-refractivity contribution in [2.75, 3.05) is 0 Å². The number of hydrogen-bond donors (Lipinski definition) is 0. The SMILES string of the molecule is CC.CC(C)(C)C#N.CC1CCCC1. The number of nitriles is 1. The molecule has 1 saturated carbocycles. The molecule has 0 aliphatic heterocycles. The average molecular weight is 197 g/mol. The third-order valence-corrected chi connectivity index (χ3v) is 1.98. The van der Waals surface area contributed by atoms with Gasteiger partial charge in [0.05, 0.1) is 6.07 Å². The summed E-state index contributed by atoms with van der Waals surface area (Å²) in [5, 5.41) is 8.15. The topological polar surface area (TPSA) is 23.8 Å². The molecule has 0 spiro atoms. The number of nitrogens with zero attached hydrogens (tertiary/aromatic N) is 1. The molecule has 0 N–H and O–H groups in total. The molecule has 14 heavy (non-hydrogen) atoms. The van der Waals surface area contributed by atoms with Crippen LogP contribution in [0.4, 0.5) is 0 Å². The molecule has 0 bridgehead atoms. The van der Waals surface area contributed by atoms with E-state index in [2.05, 4.69) is 13.0 Å². The zero-order valence-electron chi connectivity index (χ0n) is 10.9. The summed E-state index contributed by atoms with van der Waals surface area (Å²) in [6, 6.07) is 2.10. The van der Waals surface area contributed by atoms with Crippen molar-refractivity contribution >= 4 is 0 Å². The second kappa shape index (κ2) is 9.06. The Bertz CT molecular complexity index is 142. The molecular formula is C13H27N. The third kappa shape index (κ3) is 14.0. The smallest absolute Gasteiger partial charge is 0.0680 e. The van der Waals surface area contributed by atoms with Crippen LogP contribution in [0.15, 0.2) is 0 Å². The van der Waals surface area contributed by atoms with Gasteiger partial charge in [0, 0.05) is 5.41 Å². The normalized spacial score (nSPS) is 15.8. The van der Waals surface area contributed by atoms with Crippen LogP contribution in [0.25, 0.3) is 0 Å². The maximum Gasteiger partial charge on any atom is 0.0680 e. The van der Waals surface area contributed by atoms with Gasteiger partial charge in [-0.15, -0.1) is 0 Å². The van der Waals surface area contributed by atoms with Gasteiger partial charge in [0.25, 0.3) is 0 Å². The van der Waals surface area contributed by atoms with Crippen LogP contribution in [-0.4, -0.2) is 0 Å². The Morgan fingerprint density at radius 3 is 1.43 bits per heavy atom. The summed E-state index contributed by atoms with van der Waals surface area (Å²) in [5.41, 5.74) is -0.153. The zero-order valence-corrected chi connectivity index (χ0v) is 10.9. The fourth-order valence-corrected chi connectivity index (χ4v) is 1.13. The molecule has 1 aliphatic carbocycles. The summed E-state index contributed by atoms with van der Waals surface area (Å²) in [5.74, 6) is 1.05. The molecule has 1 rings (SSSR count). The number of rotatable bonds is 0. The van der Waals surface area contributed by atoms with Crippen molar-refractivity contribution in [3.8, 4) is 6.07 Å². The Morgan fingerprint density at radius 2 is 1.36 bits per heavy atom. The lowest BCUT2D eigenvalue weighted by Crippen LogP contribution is -1.97. The van der Waals surface area contributed by atoms with Crippen molar-refractivity contribution in [2.45, 2.75) is 67.2 Å². The molecule has 0 amide bonds. The standard InChI is InChI=1S/C6H12.C5H9N.C2H6/c1-6-4-2-3-5-6;1-5(2,3)4-6;1-2/h6H,2-5H2,1H3;1-3H3;1-2H3. The molecule has 0 saturated heterocycles. The minimum absolute atomic E-state index is 0.153. The predicted octanol–water partition coefficient (Wildman–Crippen LogP) is 4.78. The molecule has 0 atom stereocenters. The van der Waals surface area contributed by atoms with Crippen molar-refractivity contribution in [3.63, 3.8) is 0 Å². The zero-order chi connectivity index (χ0) is 11.6. The molecule has 1 fully saturated rings. The Hall–Kier alpha value is -0.510. The van der Waals surface area contributed by atoms with Crippen LogP contribution in [0.3, 0.4) is 0 Å². The Morgan fingerprint density at radius 1 is 1.07 bits per heavy atom. The van der Waals surface area contributed by atoms with E-state index in [1.54, 1.807) is 0 Å². The lowest BCUT2D eigenvalue weighted by atomic mass is 10.0. The van der Waals surface area contributed by atoms with E-state index in [1.807, 2.05) is 34.6 Å². The first kappa shape index (κ1) is 15.9. The third-order valence-electron chi connectivity index (χ3n) is 1.98. The van der Waals surface area contributed by atoms with Gasteiger partial charge in [-0.1, -0.05) is 46.5 Å². The van der Waals surface area contributed by atoms with Gasteiger partial charge in [-0.2, -0.15) is 5.26 Å². The minimum Gasteiger partial charge on any atom is -0.198 e. The van der Waals surface area contributed by atoms with Gasteiger partial charge in [-0.3, -0.25) is 0 Å². The summed E-state index contributed by atoms with van der Waals surface area (Å²) >= 11 is 0. The van der Waals surface area contributed by atoms with Gasteiger partial charge in [-0.05, 0) is 26.7 Å². The van der Waals surface area contributed by atoms with Gasteiger partial charge in [-0.25, -0.2) is 0 Å². The van der Waals surface area contributed by atoms with Crippen LogP contribution < -0.4 is 0 Å². The average Bonchev–Trinajstić information content (AvgIpc) is 2.59. The first-order valence-electron chi connectivity index (χ1n) is 5.87.